The van der Waals surface area contributed by atoms with Crippen LogP contribution in [0.2, 0.25) is 0 Å². The van der Waals surface area contributed by atoms with Crippen molar-refractivity contribution in [3.8, 4) is 0 Å². The van der Waals surface area contributed by atoms with Gasteiger partial charge in [0, 0.05) is 37.6 Å². The standard InChI is InChI=1S/C32H36BrN3O5/c1-3-15-34(20-22-11-7-5-8-12-22)29(38)25-26-30(39)36(17-18-37)28(32(26)19-24(33)27(25)41-32)31(40)35(16-4-2)21-23-13-9-6-10-14-23/h3-14,24-28,37H,1-2,15-21H2/t24?,25-,26-,27-,28?,32?/m0/s1. The number of ether oxygens (including phenoxy) is 1. The summed E-state index contributed by atoms with van der Waals surface area (Å²) >= 11 is 3.73. The summed E-state index contributed by atoms with van der Waals surface area (Å²) in [4.78, 5) is 47.3. The molecule has 3 amide bonds. The van der Waals surface area contributed by atoms with E-state index in [1.807, 2.05) is 60.7 Å². The largest absolute Gasteiger partial charge is 0.395 e. The maximum atomic E-state index is 14.4. The molecule has 3 saturated heterocycles. The molecule has 0 aliphatic carbocycles. The van der Waals surface area contributed by atoms with E-state index in [0.717, 1.165) is 11.1 Å². The number of hydrogen-bond acceptors (Lipinski definition) is 5. The van der Waals surface area contributed by atoms with Gasteiger partial charge in [0.1, 0.15) is 11.6 Å². The predicted octanol–water partition coefficient (Wildman–Crippen LogP) is 3.16. The van der Waals surface area contributed by atoms with Gasteiger partial charge in [0.25, 0.3) is 0 Å². The minimum Gasteiger partial charge on any atom is -0.395 e. The van der Waals surface area contributed by atoms with E-state index >= 15 is 0 Å². The number of fused-ring (bicyclic) bond motifs is 1. The third-order valence-electron chi connectivity index (χ3n) is 8.40. The molecule has 216 valence electrons. The van der Waals surface area contributed by atoms with Crippen molar-refractivity contribution in [3.05, 3.63) is 97.1 Å². The Morgan fingerprint density at radius 3 is 2.02 bits per heavy atom. The molecule has 0 radical (unpaired) electrons. The van der Waals surface area contributed by atoms with Crippen LogP contribution < -0.4 is 0 Å². The van der Waals surface area contributed by atoms with Gasteiger partial charge in [-0.05, 0) is 17.5 Å². The average molecular weight is 623 g/mol. The smallest absolute Gasteiger partial charge is 0.248 e. The van der Waals surface area contributed by atoms with Crippen LogP contribution in [0.1, 0.15) is 17.5 Å². The predicted molar refractivity (Wildman–Crippen MR) is 159 cm³/mol. The van der Waals surface area contributed by atoms with Crippen LogP contribution in [0.25, 0.3) is 0 Å². The monoisotopic (exact) mass is 621 g/mol. The quantitative estimate of drug-likeness (QED) is 0.290. The molecule has 3 fully saturated rings. The Morgan fingerprint density at radius 2 is 1.51 bits per heavy atom. The number of amides is 3. The van der Waals surface area contributed by atoms with E-state index in [4.69, 9.17) is 4.74 Å². The molecule has 2 aromatic rings. The van der Waals surface area contributed by atoms with Crippen LogP contribution in [-0.4, -0.2) is 86.3 Å². The Kier molecular flexibility index (Phi) is 8.77. The molecule has 6 atom stereocenters. The molecular weight excluding hydrogens is 586 g/mol. The van der Waals surface area contributed by atoms with Crippen LogP contribution in [0.15, 0.2) is 86.0 Å². The number of rotatable bonds is 12. The fourth-order valence-electron chi connectivity index (χ4n) is 6.81. The van der Waals surface area contributed by atoms with Crippen molar-refractivity contribution in [2.45, 2.75) is 42.1 Å². The van der Waals surface area contributed by atoms with E-state index in [-0.39, 0.29) is 42.2 Å². The molecule has 1 N–H and O–H groups in total. The highest BCUT2D eigenvalue weighted by Crippen LogP contribution is 2.60. The van der Waals surface area contributed by atoms with Gasteiger partial charge < -0.3 is 24.5 Å². The lowest BCUT2D eigenvalue weighted by molar-refractivity contribution is -0.149. The zero-order chi connectivity index (χ0) is 29.1. The lowest BCUT2D eigenvalue weighted by Gasteiger charge is -2.37. The Bertz CT molecular complexity index is 1290. The summed E-state index contributed by atoms with van der Waals surface area (Å²) in [6.07, 6.45) is 3.18. The van der Waals surface area contributed by atoms with Crippen molar-refractivity contribution < 1.29 is 24.2 Å². The number of carbonyl (C=O) groups is 3. The topological polar surface area (TPSA) is 90.4 Å². The van der Waals surface area contributed by atoms with Crippen molar-refractivity contribution >= 4 is 33.7 Å². The highest BCUT2D eigenvalue weighted by atomic mass is 79.9. The average Bonchev–Trinajstić information content (AvgIpc) is 3.56. The second kappa shape index (κ2) is 12.3. The van der Waals surface area contributed by atoms with Crippen LogP contribution in [-0.2, 0) is 32.2 Å². The molecule has 1 spiro atoms. The molecule has 9 heteroatoms. The van der Waals surface area contributed by atoms with E-state index < -0.39 is 29.6 Å². The van der Waals surface area contributed by atoms with Gasteiger partial charge in [-0.25, -0.2) is 0 Å². The van der Waals surface area contributed by atoms with Crippen molar-refractivity contribution in [1.29, 1.82) is 0 Å². The summed E-state index contributed by atoms with van der Waals surface area (Å²) < 4.78 is 6.63. The van der Waals surface area contributed by atoms with Crippen LogP contribution in [0.4, 0.5) is 0 Å². The van der Waals surface area contributed by atoms with E-state index in [0.29, 0.717) is 26.1 Å². The van der Waals surface area contributed by atoms with Gasteiger partial charge in [-0.15, -0.1) is 13.2 Å². The van der Waals surface area contributed by atoms with Crippen molar-refractivity contribution in [2.24, 2.45) is 11.8 Å². The fourth-order valence-corrected chi connectivity index (χ4v) is 7.75. The normalized spacial score (nSPS) is 27.9. The Morgan fingerprint density at radius 1 is 0.976 bits per heavy atom. The van der Waals surface area contributed by atoms with Crippen LogP contribution in [0.3, 0.4) is 0 Å². The second-order valence-electron chi connectivity index (χ2n) is 10.9. The first-order chi connectivity index (χ1) is 19.9. The van der Waals surface area contributed by atoms with Gasteiger partial charge in [0.05, 0.1) is 24.5 Å². The lowest BCUT2D eigenvalue weighted by Crippen LogP contribution is -2.57. The van der Waals surface area contributed by atoms with Crippen LogP contribution in [0, 0.1) is 11.8 Å². The van der Waals surface area contributed by atoms with Crippen molar-refractivity contribution in [1.82, 2.24) is 14.7 Å². The maximum absolute atomic E-state index is 14.4. The Hall–Kier alpha value is -3.27. The zero-order valence-electron chi connectivity index (χ0n) is 23.0. The number of β-amino-alcohol motifs (C(OH)–C–C–N with tert-alkyl or cyclic N) is 1. The Labute approximate surface area is 249 Å². The summed E-state index contributed by atoms with van der Waals surface area (Å²) in [6.45, 7) is 8.63. The van der Waals surface area contributed by atoms with E-state index in [1.54, 1.807) is 22.0 Å². The number of likely N-dealkylation sites (tertiary alicyclic amines) is 1. The number of alkyl halides is 1. The third kappa shape index (κ3) is 5.27. The number of hydrogen-bond donors (Lipinski definition) is 1. The van der Waals surface area contributed by atoms with Gasteiger partial charge in [-0.1, -0.05) is 88.7 Å². The van der Waals surface area contributed by atoms with E-state index in [1.165, 1.54) is 4.90 Å². The van der Waals surface area contributed by atoms with Gasteiger partial charge in [0.15, 0.2) is 0 Å². The first kappa shape index (κ1) is 29.2. The summed E-state index contributed by atoms with van der Waals surface area (Å²) in [5, 5.41) is 9.93. The number of carbonyl (C=O) groups excluding carboxylic acids is 3. The molecule has 0 saturated carbocycles. The molecular formula is C32H36BrN3O5. The van der Waals surface area contributed by atoms with E-state index in [9.17, 15) is 19.5 Å². The van der Waals surface area contributed by atoms with Gasteiger partial charge in [0.2, 0.25) is 17.7 Å². The number of benzene rings is 2. The summed E-state index contributed by atoms with van der Waals surface area (Å²) in [5.41, 5.74) is 0.718. The van der Waals surface area contributed by atoms with Crippen LogP contribution >= 0.6 is 15.9 Å². The second-order valence-corrected chi connectivity index (χ2v) is 12.1. The molecule has 2 bridgehead atoms. The van der Waals surface area contributed by atoms with E-state index in [2.05, 4.69) is 29.1 Å². The molecule has 3 unspecified atom stereocenters. The van der Waals surface area contributed by atoms with Gasteiger partial charge in [-0.3, -0.25) is 14.4 Å². The Balaban J connectivity index is 1.50. The van der Waals surface area contributed by atoms with Crippen molar-refractivity contribution in [3.63, 3.8) is 0 Å². The van der Waals surface area contributed by atoms with Crippen molar-refractivity contribution in [2.75, 3.05) is 26.2 Å². The molecule has 5 rings (SSSR count). The molecule has 3 heterocycles. The van der Waals surface area contributed by atoms with Gasteiger partial charge in [-0.2, -0.15) is 0 Å². The SMILES string of the molecule is C=CCN(Cc1ccccc1)C(=O)C1N(CCO)C(=O)[C@@H]2[C@H](C(=O)N(CC=C)Cc3ccccc3)[C@H]3OC12CC3Br. The summed E-state index contributed by atoms with van der Waals surface area (Å²) in [5.74, 6) is -2.41. The first-order valence-corrected chi connectivity index (χ1v) is 14.9. The molecule has 2 aromatic carbocycles. The lowest BCUT2D eigenvalue weighted by atomic mass is 9.70. The first-order valence-electron chi connectivity index (χ1n) is 14.0. The third-order valence-corrected chi connectivity index (χ3v) is 9.25. The molecule has 0 aromatic heterocycles. The molecule has 8 nitrogen and oxygen atoms in total. The number of aliphatic hydroxyl groups excluding tert-OH is 1. The molecule has 41 heavy (non-hydrogen) atoms. The molecule has 3 aliphatic heterocycles. The minimum absolute atomic E-state index is 0.0248. The number of nitrogens with zero attached hydrogens (tertiary/aromatic N) is 3. The fraction of sp³-hybridized carbons (Fsp3) is 0.406. The van der Waals surface area contributed by atoms with Gasteiger partial charge >= 0.3 is 0 Å². The number of aliphatic hydroxyl groups is 1. The number of halogens is 1. The summed E-state index contributed by atoms with van der Waals surface area (Å²) in [7, 11) is 0. The zero-order valence-corrected chi connectivity index (χ0v) is 24.6. The summed E-state index contributed by atoms with van der Waals surface area (Å²) in [6, 6.07) is 18.3. The highest BCUT2D eigenvalue weighted by molar-refractivity contribution is 9.09. The molecule has 3 aliphatic rings. The van der Waals surface area contributed by atoms with Crippen LogP contribution in [0.5, 0.6) is 0 Å². The highest BCUT2D eigenvalue weighted by Gasteiger charge is 2.76. The maximum Gasteiger partial charge on any atom is 0.248 e. The minimum atomic E-state index is -1.19.